The van der Waals surface area contributed by atoms with Crippen LogP contribution in [0.1, 0.15) is 45.5 Å². The second-order valence-corrected chi connectivity index (χ2v) is 7.77. The summed E-state index contributed by atoms with van der Waals surface area (Å²) in [4.78, 5) is 32.9. The van der Waals surface area contributed by atoms with Crippen LogP contribution in [0.5, 0.6) is 0 Å². The van der Waals surface area contributed by atoms with E-state index in [1.54, 1.807) is 0 Å². The number of rotatable bonds is 8. The summed E-state index contributed by atoms with van der Waals surface area (Å²) in [6.45, 7) is 3.72. The quantitative estimate of drug-likeness (QED) is 0.420. The normalized spacial score (nSPS) is 11.0. The molecule has 33 heavy (non-hydrogen) atoms. The number of hydrogen-bond acceptors (Lipinski definition) is 6. The van der Waals surface area contributed by atoms with Gasteiger partial charge in [0.25, 0.3) is 17.5 Å². The summed E-state index contributed by atoms with van der Waals surface area (Å²) in [5.41, 5.74) is 3.94. The number of nitrogens with one attached hydrogen (secondary N) is 1. The van der Waals surface area contributed by atoms with Crippen molar-refractivity contribution in [3.8, 4) is 0 Å². The Morgan fingerprint density at radius 1 is 0.970 bits per heavy atom. The number of benzene rings is 2. The van der Waals surface area contributed by atoms with Crippen molar-refractivity contribution in [3.05, 3.63) is 95.1 Å². The highest BCUT2D eigenvalue weighted by atomic mass is 16.5. The minimum absolute atomic E-state index is 0.128. The molecule has 2 aromatic heterocycles. The van der Waals surface area contributed by atoms with Gasteiger partial charge in [0.05, 0.1) is 0 Å². The highest BCUT2D eigenvalue weighted by molar-refractivity contribution is 5.88. The smallest absolute Gasteiger partial charge is 0.378 e. The maximum atomic E-state index is 12.3. The number of nitrogens with zero attached hydrogens (tertiary/aromatic N) is 4. The van der Waals surface area contributed by atoms with Crippen molar-refractivity contribution in [1.29, 1.82) is 0 Å². The molecule has 2 aromatic carbocycles. The van der Waals surface area contributed by atoms with Crippen LogP contribution in [0.15, 0.2) is 66.7 Å². The van der Waals surface area contributed by atoms with Crippen molar-refractivity contribution < 1.29 is 14.3 Å². The largest absolute Gasteiger partial charge is 0.450 e. The molecule has 4 rings (SSSR count). The zero-order valence-corrected chi connectivity index (χ0v) is 18.6. The summed E-state index contributed by atoms with van der Waals surface area (Å²) < 4.78 is 6.57. The van der Waals surface area contributed by atoms with Gasteiger partial charge in [0.2, 0.25) is 0 Å². The first-order valence-corrected chi connectivity index (χ1v) is 10.8. The lowest BCUT2D eigenvalue weighted by Gasteiger charge is -2.18. The standard InChI is InChI=1S/C25H25N5O3/c1-17-15-18(2)30-25(27-17)28-23(29-30)24(32)33-16-22(31)26-14-13-21(19-9-5-3-6-10-19)20-11-7-4-8-12-20/h3-12,15,21H,13-14,16H2,1-2H3,(H,26,31). The van der Waals surface area contributed by atoms with E-state index < -0.39 is 12.6 Å². The second-order valence-electron chi connectivity index (χ2n) is 7.77. The number of ether oxygens (including phenoxy) is 1. The first-order valence-electron chi connectivity index (χ1n) is 10.8. The molecule has 4 aromatic rings. The van der Waals surface area contributed by atoms with Gasteiger partial charge in [-0.3, -0.25) is 4.79 Å². The number of aromatic nitrogens is 4. The first kappa shape index (κ1) is 22.1. The summed E-state index contributed by atoms with van der Waals surface area (Å²) in [5.74, 6) is -0.804. The Morgan fingerprint density at radius 3 is 2.24 bits per heavy atom. The van der Waals surface area contributed by atoms with Crippen LogP contribution in [0.2, 0.25) is 0 Å². The Balaban J connectivity index is 1.31. The molecule has 0 spiro atoms. The maximum absolute atomic E-state index is 12.3. The summed E-state index contributed by atoms with van der Waals surface area (Å²) >= 11 is 0. The summed E-state index contributed by atoms with van der Waals surface area (Å²) in [6, 6.07) is 22.2. The molecule has 0 radical (unpaired) electrons. The van der Waals surface area contributed by atoms with Gasteiger partial charge >= 0.3 is 5.97 Å². The molecular weight excluding hydrogens is 418 g/mol. The van der Waals surface area contributed by atoms with Crippen LogP contribution in [0.25, 0.3) is 5.78 Å². The average molecular weight is 444 g/mol. The van der Waals surface area contributed by atoms with Crippen molar-refractivity contribution in [2.45, 2.75) is 26.2 Å². The van der Waals surface area contributed by atoms with E-state index in [9.17, 15) is 9.59 Å². The predicted octanol–water partition coefficient (Wildman–Crippen LogP) is 3.24. The van der Waals surface area contributed by atoms with Gasteiger partial charge in [-0.1, -0.05) is 60.7 Å². The SMILES string of the molecule is Cc1cc(C)n2nc(C(=O)OCC(=O)NCCC(c3ccccc3)c3ccccc3)nc2n1. The molecule has 168 valence electrons. The van der Waals surface area contributed by atoms with E-state index in [2.05, 4.69) is 44.6 Å². The van der Waals surface area contributed by atoms with Crippen LogP contribution in [0.4, 0.5) is 0 Å². The van der Waals surface area contributed by atoms with Gasteiger partial charge in [-0.05, 0) is 37.5 Å². The Kier molecular flexibility index (Phi) is 6.73. The van der Waals surface area contributed by atoms with E-state index in [0.29, 0.717) is 18.7 Å². The van der Waals surface area contributed by atoms with Crippen LogP contribution in [0, 0.1) is 13.8 Å². The number of esters is 1. The van der Waals surface area contributed by atoms with Gasteiger partial charge < -0.3 is 10.1 Å². The summed E-state index contributed by atoms with van der Waals surface area (Å²) in [5, 5.41) is 6.95. The van der Waals surface area contributed by atoms with E-state index in [0.717, 1.165) is 11.4 Å². The third-order valence-electron chi connectivity index (χ3n) is 5.29. The lowest BCUT2D eigenvalue weighted by atomic mass is 9.88. The molecular formula is C25H25N5O3. The number of aryl methyl sites for hydroxylation is 2. The highest BCUT2D eigenvalue weighted by Crippen LogP contribution is 2.27. The number of hydrogen-bond donors (Lipinski definition) is 1. The molecule has 2 heterocycles. The van der Waals surface area contributed by atoms with Gasteiger partial charge in [-0.15, -0.1) is 5.10 Å². The van der Waals surface area contributed by atoms with Crippen molar-refractivity contribution in [1.82, 2.24) is 24.9 Å². The Labute approximate surface area is 191 Å². The zero-order valence-electron chi connectivity index (χ0n) is 18.6. The molecule has 0 atom stereocenters. The topological polar surface area (TPSA) is 98.5 Å². The van der Waals surface area contributed by atoms with Gasteiger partial charge in [0, 0.05) is 23.9 Å². The molecule has 0 fully saturated rings. The average Bonchev–Trinajstić information content (AvgIpc) is 3.26. The monoisotopic (exact) mass is 443 g/mol. The minimum atomic E-state index is -0.765. The molecule has 1 N–H and O–H groups in total. The Hall–Kier alpha value is -4.07. The van der Waals surface area contributed by atoms with Crippen LogP contribution >= 0.6 is 0 Å². The number of carbonyl (C=O) groups is 2. The van der Waals surface area contributed by atoms with E-state index in [-0.39, 0.29) is 17.6 Å². The van der Waals surface area contributed by atoms with Gasteiger partial charge in [0.1, 0.15) is 0 Å². The van der Waals surface area contributed by atoms with Crippen LogP contribution in [0.3, 0.4) is 0 Å². The van der Waals surface area contributed by atoms with Gasteiger partial charge in [-0.2, -0.15) is 4.98 Å². The number of carbonyl (C=O) groups excluding carboxylic acids is 2. The molecule has 0 bridgehead atoms. The van der Waals surface area contributed by atoms with E-state index in [4.69, 9.17) is 4.74 Å². The number of amides is 1. The molecule has 0 saturated carbocycles. The first-order chi connectivity index (χ1) is 16.0. The fourth-order valence-electron chi connectivity index (χ4n) is 3.75. The molecule has 8 heteroatoms. The maximum Gasteiger partial charge on any atom is 0.378 e. The van der Waals surface area contributed by atoms with Crippen molar-refractivity contribution in [3.63, 3.8) is 0 Å². The van der Waals surface area contributed by atoms with Gasteiger partial charge in [-0.25, -0.2) is 14.3 Å². The Bertz CT molecular complexity index is 1220. The van der Waals surface area contributed by atoms with Crippen molar-refractivity contribution in [2.75, 3.05) is 13.2 Å². The summed E-state index contributed by atoms with van der Waals surface area (Å²) in [6.07, 6.45) is 0.714. The number of fused-ring (bicyclic) bond motifs is 1. The lowest BCUT2D eigenvalue weighted by Crippen LogP contribution is -2.30. The molecule has 0 unspecified atom stereocenters. The van der Waals surface area contributed by atoms with Crippen LogP contribution < -0.4 is 5.32 Å². The molecule has 0 aliphatic carbocycles. The second kappa shape index (κ2) is 10.0. The van der Waals surface area contributed by atoms with E-state index in [1.807, 2.05) is 56.3 Å². The predicted molar refractivity (Wildman–Crippen MR) is 123 cm³/mol. The highest BCUT2D eigenvalue weighted by Gasteiger charge is 2.18. The van der Waals surface area contributed by atoms with E-state index in [1.165, 1.54) is 15.6 Å². The van der Waals surface area contributed by atoms with E-state index >= 15 is 0 Å². The minimum Gasteiger partial charge on any atom is -0.450 e. The van der Waals surface area contributed by atoms with Crippen LogP contribution in [-0.2, 0) is 9.53 Å². The molecule has 0 aliphatic rings. The third kappa shape index (κ3) is 5.41. The fourth-order valence-corrected chi connectivity index (χ4v) is 3.75. The Morgan fingerprint density at radius 2 is 1.61 bits per heavy atom. The fraction of sp³-hybridized carbons (Fsp3) is 0.240. The lowest BCUT2D eigenvalue weighted by molar-refractivity contribution is -0.124. The molecule has 0 aliphatic heterocycles. The van der Waals surface area contributed by atoms with Crippen molar-refractivity contribution >= 4 is 17.7 Å². The van der Waals surface area contributed by atoms with Crippen molar-refractivity contribution in [2.24, 2.45) is 0 Å². The summed E-state index contributed by atoms with van der Waals surface area (Å²) in [7, 11) is 0. The third-order valence-corrected chi connectivity index (χ3v) is 5.29. The zero-order chi connectivity index (χ0) is 23.2. The molecule has 1 amide bonds. The molecule has 0 saturated heterocycles. The van der Waals surface area contributed by atoms with Gasteiger partial charge in [0.15, 0.2) is 6.61 Å². The molecule has 8 nitrogen and oxygen atoms in total. The van der Waals surface area contributed by atoms with Crippen LogP contribution in [-0.4, -0.2) is 44.6 Å².